The zero-order valence-corrected chi connectivity index (χ0v) is 15.1. The molecule has 1 aliphatic heterocycles. The highest BCUT2D eigenvalue weighted by atomic mass is 35.5. The third-order valence-corrected chi connectivity index (χ3v) is 5.14. The third kappa shape index (κ3) is 3.14. The fraction of sp³-hybridized carbons (Fsp3) is 0.389. The molecule has 2 aromatic heterocycles. The summed E-state index contributed by atoms with van der Waals surface area (Å²) in [5.74, 6) is 1.83. The zero-order chi connectivity index (χ0) is 17.4. The molecule has 0 radical (unpaired) electrons. The van der Waals surface area contributed by atoms with E-state index >= 15 is 0 Å². The summed E-state index contributed by atoms with van der Waals surface area (Å²) >= 11 is 6.11. The first-order chi connectivity index (χ1) is 12.1. The van der Waals surface area contributed by atoms with Crippen LogP contribution in [0.25, 0.3) is 10.9 Å². The Balaban J connectivity index is 1.42. The van der Waals surface area contributed by atoms with Crippen molar-refractivity contribution in [2.75, 3.05) is 18.0 Å². The number of aromatic nitrogens is 4. The van der Waals surface area contributed by atoms with E-state index in [0.29, 0.717) is 5.15 Å². The molecule has 3 aromatic rings. The molecule has 0 N–H and O–H groups in total. The third-order valence-electron chi connectivity index (χ3n) is 4.76. The Hall–Kier alpha value is -2.34. The first-order valence-corrected chi connectivity index (χ1v) is 8.80. The smallest absolute Gasteiger partial charge is 0.137 e. The minimum absolute atomic E-state index is 0.211. The zero-order valence-electron chi connectivity index (χ0n) is 14.3. The van der Waals surface area contributed by atoms with Crippen molar-refractivity contribution in [2.45, 2.75) is 25.9 Å². The molecule has 0 amide bonds. The van der Waals surface area contributed by atoms with Crippen molar-refractivity contribution in [1.82, 2.24) is 19.7 Å². The highest BCUT2D eigenvalue weighted by Crippen LogP contribution is 2.27. The molecule has 6 nitrogen and oxygen atoms in total. The van der Waals surface area contributed by atoms with Crippen LogP contribution in [-0.2, 0) is 7.05 Å². The van der Waals surface area contributed by atoms with Gasteiger partial charge in [-0.2, -0.15) is 5.10 Å². The second-order valence-electron chi connectivity index (χ2n) is 6.41. The Morgan fingerprint density at radius 2 is 2.00 bits per heavy atom. The SMILES string of the molecule is Cc1c(Cl)ncnc1N1CCC(Oc2ccc3c(cnn3C)c2)CC1. The molecule has 3 heterocycles. The lowest BCUT2D eigenvalue weighted by Gasteiger charge is -2.33. The lowest BCUT2D eigenvalue weighted by Crippen LogP contribution is -2.39. The summed E-state index contributed by atoms with van der Waals surface area (Å²) < 4.78 is 8.06. The van der Waals surface area contributed by atoms with Gasteiger partial charge in [0.1, 0.15) is 29.2 Å². The molecule has 1 aliphatic rings. The molecule has 1 saturated heterocycles. The maximum absolute atomic E-state index is 6.19. The maximum atomic E-state index is 6.19. The van der Waals surface area contributed by atoms with Crippen LogP contribution in [0.3, 0.4) is 0 Å². The molecular weight excluding hydrogens is 338 g/mol. The summed E-state index contributed by atoms with van der Waals surface area (Å²) in [5, 5.41) is 5.90. The molecule has 1 aromatic carbocycles. The van der Waals surface area contributed by atoms with Gasteiger partial charge < -0.3 is 9.64 Å². The van der Waals surface area contributed by atoms with Crippen LogP contribution >= 0.6 is 11.6 Å². The van der Waals surface area contributed by atoms with E-state index in [0.717, 1.165) is 54.0 Å². The van der Waals surface area contributed by atoms with Gasteiger partial charge in [0.2, 0.25) is 0 Å². The van der Waals surface area contributed by atoms with Crippen LogP contribution in [-0.4, -0.2) is 38.9 Å². The number of aryl methyl sites for hydroxylation is 1. The van der Waals surface area contributed by atoms with Crippen molar-refractivity contribution in [2.24, 2.45) is 7.05 Å². The Morgan fingerprint density at radius 3 is 2.80 bits per heavy atom. The minimum Gasteiger partial charge on any atom is -0.490 e. The molecule has 0 unspecified atom stereocenters. The van der Waals surface area contributed by atoms with Gasteiger partial charge in [-0.05, 0) is 25.1 Å². The standard InChI is InChI=1S/C18H20ClN5O/c1-12-17(19)20-11-21-18(12)24-7-5-14(6-8-24)25-15-3-4-16-13(9-15)10-22-23(16)2/h3-4,9-11,14H,5-8H2,1-2H3. The van der Waals surface area contributed by atoms with Gasteiger partial charge in [0, 0.05) is 43.9 Å². The monoisotopic (exact) mass is 357 g/mol. The number of benzene rings is 1. The van der Waals surface area contributed by atoms with Gasteiger partial charge in [-0.15, -0.1) is 0 Å². The van der Waals surface area contributed by atoms with Crippen LogP contribution in [0.1, 0.15) is 18.4 Å². The van der Waals surface area contributed by atoms with E-state index in [4.69, 9.17) is 16.3 Å². The fourth-order valence-electron chi connectivity index (χ4n) is 3.33. The highest BCUT2D eigenvalue weighted by Gasteiger charge is 2.23. The van der Waals surface area contributed by atoms with Crippen LogP contribution in [0.15, 0.2) is 30.7 Å². The molecular formula is C18H20ClN5O. The normalized spacial score (nSPS) is 15.7. The molecule has 130 valence electrons. The number of halogens is 1. The predicted molar refractivity (Wildman–Crippen MR) is 98.4 cm³/mol. The summed E-state index contributed by atoms with van der Waals surface area (Å²) in [6.07, 6.45) is 5.50. The van der Waals surface area contributed by atoms with Gasteiger partial charge >= 0.3 is 0 Å². The molecule has 0 atom stereocenters. The van der Waals surface area contributed by atoms with Crippen LogP contribution in [0, 0.1) is 6.92 Å². The lowest BCUT2D eigenvalue weighted by molar-refractivity contribution is 0.171. The highest BCUT2D eigenvalue weighted by molar-refractivity contribution is 6.30. The van der Waals surface area contributed by atoms with E-state index in [-0.39, 0.29) is 6.10 Å². The van der Waals surface area contributed by atoms with E-state index in [2.05, 4.69) is 32.1 Å². The van der Waals surface area contributed by atoms with Gasteiger partial charge in [-0.3, -0.25) is 4.68 Å². The second kappa shape index (κ2) is 6.52. The van der Waals surface area contributed by atoms with Crippen molar-refractivity contribution in [1.29, 1.82) is 0 Å². The van der Waals surface area contributed by atoms with Crippen LogP contribution in [0.2, 0.25) is 5.15 Å². The molecule has 0 saturated carbocycles. The predicted octanol–water partition coefficient (Wildman–Crippen LogP) is 3.37. The van der Waals surface area contributed by atoms with E-state index in [9.17, 15) is 0 Å². The number of piperidine rings is 1. The molecule has 1 fully saturated rings. The first-order valence-electron chi connectivity index (χ1n) is 8.42. The maximum Gasteiger partial charge on any atom is 0.137 e. The number of anilines is 1. The fourth-order valence-corrected chi connectivity index (χ4v) is 3.46. The number of hydrogen-bond acceptors (Lipinski definition) is 5. The molecule has 7 heteroatoms. The second-order valence-corrected chi connectivity index (χ2v) is 6.76. The summed E-state index contributed by atoms with van der Waals surface area (Å²) in [6, 6.07) is 6.13. The molecule has 0 aliphatic carbocycles. The number of ether oxygens (including phenoxy) is 1. The topological polar surface area (TPSA) is 56.1 Å². The minimum atomic E-state index is 0.211. The van der Waals surface area contributed by atoms with Crippen molar-refractivity contribution in [3.63, 3.8) is 0 Å². The average molecular weight is 358 g/mol. The Labute approximate surface area is 151 Å². The summed E-state index contributed by atoms with van der Waals surface area (Å²) in [4.78, 5) is 10.7. The summed E-state index contributed by atoms with van der Waals surface area (Å²) in [7, 11) is 1.94. The van der Waals surface area contributed by atoms with Gasteiger partial charge in [0.25, 0.3) is 0 Å². The number of fused-ring (bicyclic) bond motifs is 1. The van der Waals surface area contributed by atoms with Crippen molar-refractivity contribution < 1.29 is 4.74 Å². The van der Waals surface area contributed by atoms with Crippen LogP contribution in [0.5, 0.6) is 5.75 Å². The van der Waals surface area contributed by atoms with Crippen molar-refractivity contribution >= 4 is 28.3 Å². The quantitative estimate of drug-likeness (QED) is 0.673. The lowest BCUT2D eigenvalue weighted by atomic mass is 10.1. The number of nitrogens with zero attached hydrogens (tertiary/aromatic N) is 5. The van der Waals surface area contributed by atoms with E-state index in [1.54, 1.807) is 0 Å². The Bertz CT molecular complexity index is 902. The van der Waals surface area contributed by atoms with E-state index in [1.165, 1.54) is 6.33 Å². The Kier molecular flexibility index (Phi) is 4.21. The van der Waals surface area contributed by atoms with Gasteiger partial charge in [-0.1, -0.05) is 11.6 Å². The molecule has 0 spiro atoms. The van der Waals surface area contributed by atoms with E-state index < -0.39 is 0 Å². The van der Waals surface area contributed by atoms with Crippen LogP contribution in [0.4, 0.5) is 5.82 Å². The van der Waals surface area contributed by atoms with Gasteiger partial charge in [0.05, 0.1) is 11.7 Å². The average Bonchev–Trinajstić information content (AvgIpc) is 2.99. The molecule has 25 heavy (non-hydrogen) atoms. The van der Waals surface area contributed by atoms with Crippen molar-refractivity contribution in [3.05, 3.63) is 41.4 Å². The van der Waals surface area contributed by atoms with Gasteiger partial charge in [0.15, 0.2) is 0 Å². The Morgan fingerprint density at radius 1 is 1.20 bits per heavy atom. The molecule has 4 rings (SSSR count). The molecule has 0 bridgehead atoms. The first kappa shape index (κ1) is 16.1. The largest absolute Gasteiger partial charge is 0.490 e. The van der Waals surface area contributed by atoms with E-state index in [1.807, 2.05) is 30.9 Å². The van der Waals surface area contributed by atoms with Gasteiger partial charge in [-0.25, -0.2) is 9.97 Å². The summed E-state index contributed by atoms with van der Waals surface area (Å²) in [6.45, 7) is 3.76. The van der Waals surface area contributed by atoms with Crippen LogP contribution < -0.4 is 9.64 Å². The number of rotatable bonds is 3. The summed E-state index contributed by atoms with van der Waals surface area (Å²) in [5.41, 5.74) is 2.05. The van der Waals surface area contributed by atoms with Crippen molar-refractivity contribution in [3.8, 4) is 5.75 Å². The number of hydrogen-bond donors (Lipinski definition) is 0.